The Labute approximate surface area is 119 Å². The number of aromatic nitrogens is 3. The average Bonchev–Trinajstić information content (AvgIpc) is 3.30. The second-order valence-corrected chi connectivity index (χ2v) is 5.19. The van der Waals surface area contributed by atoms with E-state index in [1.165, 1.54) is 18.4 Å². The second-order valence-electron chi connectivity index (χ2n) is 5.19. The van der Waals surface area contributed by atoms with Crippen LogP contribution in [-0.2, 0) is 6.42 Å². The van der Waals surface area contributed by atoms with Gasteiger partial charge in [-0.1, -0.05) is 0 Å². The van der Waals surface area contributed by atoms with Gasteiger partial charge in [-0.2, -0.15) is 4.98 Å². The quantitative estimate of drug-likeness (QED) is 0.870. The molecule has 104 valence electrons. The van der Waals surface area contributed by atoms with Crippen molar-refractivity contribution in [3.05, 3.63) is 42.4 Å². The van der Waals surface area contributed by atoms with Crippen molar-refractivity contribution in [3.63, 3.8) is 0 Å². The van der Waals surface area contributed by atoms with Crippen molar-refractivity contribution in [2.45, 2.75) is 25.3 Å². The summed E-state index contributed by atoms with van der Waals surface area (Å²) in [5, 5.41) is 3.40. The Morgan fingerprint density at radius 1 is 1.20 bits per heavy atom. The minimum absolute atomic E-state index is 0.611. The summed E-state index contributed by atoms with van der Waals surface area (Å²) in [6.45, 7) is 0.886. The molecule has 0 spiro atoms. The molecule has 0 radical (unpaired) electrons. The monoisotopic (exact) mass is 269 g/mol. The van der Waals surface area contributed by atoms with Gasteiger partial charge in [0, 0.05) is 38.2 Å². The molecule has 0 aromatic carbocycles. The Morgan fingerprint density at radius 2 is 2.00 bits per heavy atom. The first-order chi connectivity index (χ1) is 9.81. The van der Waals surface area contributed by atoms with Crippen molar-refractivity contribution in [1.82, 2.24) is 15.0 Å². The number of nitrogens with zero attached hydrogens (tertiary/aromatic N) is 4. The zero-order valence-corrected chi connectivity index (χ0v) is 11.7. The number of likely N-dealkylation sites (N-methyl/N-ethyl adjacent to an activating group) is 1. The Hall–Kier alpha value is -2.17. The first kappa shape index (κ1) is 12.8. The Morgan fingerprint density at radius 3 is 2.75 bits per heavy atom. The third-order valence-electron chi connectivity index (χ3n) is 3.40. The van der Waals surface area contributed by atoms with E-state index in [9.17, 15) is 0 Å². The van der Waals surface area contributed by atoms with Crippen LogP contribution in [0.4, 0.5) is 11.8 Å². The van der Waals surface area contributed by atoms with Crippen LogP contribution in [-0.4, -0.2) is 34.6 Å². The summed E-state index contributed by atoms with van der Waals surface area (Å²) >= 11 is 0. The summed E-state index contributed by atoms with van der Waals surface area (Å²) in [4.78, 5) is 15.0. The van der Waals surface area contributed by atoms with Crippen LogP contribution in [0.25, 0.3) is 0 Å². The SMILES string of the molecule is CN(CCc1ccncc1)c1nccc(NC2CC2)n1. The lowest BCUT2D eigenvalue weighted by atomic mass is 10.2. The van der Waals surface area contributed by atoms with Crippen LogP contribution in [0.2, 0.25) is 0 Å². The maximum atomic E-state index is 4.56. The lowest BCUT2D eigenvalue weighted by Crippen LogP contribution is -2.23. The minimum atomic E-state index is 0.611. The predicted octanol–water partition coefficient (Wildman–Crippen LogP) is 2.12. The topological polar surface area (TPSA) is 53.9 Å². The zero-order chi connectivity index (χ0) is 13.8. The molecular weight excluding hydrogens is 250 g/mol. The standard InChI is InChI=1S/C15H19N5/c1-20(11-7-12-4-8-16-9-5-12)15-17-10-6-14(19-15)18-13-2-3-13/h4-6,8-10,13H,2-3,7,11H2,1H3,(H,17,18,19). The molecule has 5 heteroatoms. The van der Waals surface area contributed by atoms with Gasteiger partial charge in [-0.05, 0) is 43.0 Å². The van der Waals surface area contributed by atoms with Crippen LogP contribution >= 0.6 is 0 Å². The molecule has 0 amide bonds. The molecule has 2 heterocycles. The molecule has 1 N–H and O–H groups in total. The smallest absolute Gasteiger partial charge is 0.226 e. The van der Waals surface area contributed by atoms with Gasteiger partial charge >= 0.3 is 0 Å². The average molecular weight is 269 g/mol. The lowest BCUT2D eigenvalue weighted by molar-refractivity contribution is 0.836. The molecule has 2 aromatic heterocycles. The van der Waals surface area contributed by atoms with E-state index in [-0.39, 0.29) is 0 Å². The molecule has 0 bridgehead atoms. The molecular formula is C15H19N5. The second kappa shape index (κ2) is 5.86. The zero-order valence-electron chi connectivity index (χ0n) is 11.7. The Bertz CT molecular complexity index is 553. The van der Waals surface area contributed by atoms with Gasteiger partial charge in [0.25, 0.3) is 0 Å². The van der Waals surface area contributed by atoms with Gasteiger partial charge < -0.3 is 10.2 Å². The van der Waals surface area contributed by atoms with Crippen LogP contribution < -0.4 is 10.2 Å². The highest BCUT2D eigenvalue weighted by molar-refractivity contribution is 5.42. The van der Waals surface area contributed by atoms with E-state index in [2.05, 4.69) is 25.2 Å². The largest absolute Gasteiger partial charge is 0.367 e. The van der Waals surface area contributed by atoms with Crippen LogP contribution in [0.5, 0.6) is 0 Å². The van der Waals surface area contributed by atoms with Gasteiger partial charge in [-0.3, -0.25) is 4.98 Å². The molecule has 20 heavy (non-hydrogen) atoms. The van der Waals surface area contributed by atoms with Gasteiger partial charge in [0.1, 0.15) is 5.82 Å². The van der Waals surface area contributed by atoms with Gasteiger partial charge in [-0.25, -0.2) is 4.98 Å². The van der Waals surface area contributed by atoms with Gasteiger partial charge in [0.15, 0.2) is 0 Å². The van der Waals surface area contributed by atoms with Crippen molar-refractivity contribution in [3.8, 4) is 0 Å². The summed E-state index contributed by atoms with van der Waals surface area (Å²) in [6.07, 6.45) is 8.92. The molecule has 0 aliphatic heterocycles. The molecule has 1 aliphatic carbocycles. The molecule has 5 nitrogen and oxygen atoms in total. The van der Waals surface area contributed by atoms with Crippen LogP contribution in [0.3, 0.4) is 0 Å². The van der Waals surface area contributed by atoms with E-state index in [1.807, 2.05) is 43.8 Å². The van der Waals surface area contributed by atoms with E-state index >= 15 is 0 Å². The fraction of sp³-hybridized carbons (Fsp3) is 0.400. The molecule has 2 aromatic rings. The Kier molecular flexibility index (Phi) is 3.76. The summed E-state index contributed by atoms with van der Waals surface area (Å²) in [7, 11) is 2.03. The van der Waals surface area contributed by atoms with E-state index in [0.29, 0.717) is 6.04 Å². The number of nitrogens with one attached hydrogen (secondary N) is 1. The maximum absolute atomic E-state index is 4.56. The number of hydrogen-bond acceptors (Lipinski definition) is 5. The molecule has 3 rings (SSSR count). The molecule has 0 atom stereocenters. The lowest BCUT2D eigenvalue weighted by Gasteiger charge is -2.17. The fourth-order valence-electron chi connectivity index (χ4n) is 2.00. The number of rotatable bonds is 6. The highest BCUT2D eigenvalue weighted by Crippen LogP contribution is 2.24. The van der Waals surface area contributed by atoms with Gasteiger partial charge in [0.2, 0.25) is 5.95 Å². The van der Waals surface area contributed by atoms with E-state index in [4.69, 9.17) is 0 Å². The third kappa shape index (κ3) is 3.44. The molecule has 1 fully saturated rings. The van der Waals surface area contributed by atoms with Crippen molar-refractivity contribution in [2.24, 2.45) is 0 Å². The van der Waals surface area contributed by atoms with E-state index in [0.717, 1.165) is 24.7 Å². The van der Waals surface area contributed by atoms with Gasteiger partial charge in [-0.15, -0.1) is 0 Å². The first-order valence-corrected chi connectivity index (χ1v) is 7.01. The van der Waals surface area contributed by atoms with Crippen molar-refractivity contribution < 1.29 is 0 Å². The van der Waals surface area contributed by atoms with E-state index in [1.54, 1.807) is 0 Å². The number of hydrogen-bond donors (Lipinski definition) is 1. The highest BCUT2D eigenvalue weighted by atomic mass is 15.2. The molecule has 1 saturated carbocycles. The minimum Gasteiger partial charge on any atom is -0.367 e. The normalized spacial score (nSPS) is 14.1. The first-order valence-electron chi connectivity index (χ1n) is 7.01. The highest BCUT2D eigenvalue weighted by Gasteiger charge is 2.21. The molecule has 1 aliphatic rings. The third-order valence-corrected chi connectivity index (χ3v) is 3.40. The number of pyridine rings is 1. The predicted molar refractivity (Wildman–Crippen MR) is 79.9 cm³/mol. The summed E-state index contributed by atoms with van der Waals surface area (Å²) in [6, 6.07) is 6.62. The summed E-state index contributed by atoms with van der Waals surface area (Å²) in [5.41, 5.74) is 1.28. The summed E-state index contributed by atoms with van der Waals surface area (Å²) < 4.78 is 0. The molecule has 0 saturated heterocycles. The van der Waals surface area contributed by atoms with Crippen molar-refractivity contribution in [2.75, 3.05) is 23.8 Å². The Balaban J connectivity index is 1.59. The number of anilines is 2. The van der Waals surface area contributed by atoms with Gasteiger partial charge in [0.05, 0.1) is 0 Å². The van der Waals surface area contributed by atoms with Crippen molar-refractivity contribution >= 4 is 11.8 Å². The van der Waals surface area contributed by atoms with Crippen molar-refractivity contribution in [1.29, 1.82) is 0 Å². The van der Waals surface area contributed by atoms with Crippen LogP contribution in [0.1, 0.15) is 18.4 Å². The summed E-state index contributed by atoms with van der Waals surface area (Å²) in [5.74, 6) is 1.69. The van der Waals surface area contributed by atoms with Crippen LogP contribution in [0.15, 0.2) is 36.8 Å². The fourth-order valence-corrected chi connectivity index (χ4v) is 2.00. The molecule has 0 unspecified atom stereocenters. The van der Waals surface area contributed by atoms with E-state index < -0.39 is 0 Å². The maximum Gasteiger partial charge on any atom is 0.226 e. The van der Waals surface area contributed by atoms with Crippen LogP contribution in [0, 0.1) is 0 Å².